The molecule has 0 amide bonds. The maximum Gasteiger partial charge on any atom is 0.363 e. The van der Waals surface area contributed by atoms with Crippen LogP contribution in [-0.2, 0) is 9.53 Å². The summed E-state index contributed by atoms with van der Waals surface area (Å²) < 4.78 is 5.15. The Hall–Kier alpha value is -2.70. The van der Waals surface area contributed by atoms with Gasteiger partial charge in [-0.05, 0) is 42.8 Å². The van der Waals surface area contributed by atoms with Crippen molar-refractivity contribution >= 4 is 46.8 Å². The summed E-state index contributed by atoms with van der Waals surface area (Å²) >= 11 is 11.9. The van der Waals surface area contributed by atoms with E-state index in [0.717, 1.165) is 0 Å². The van der Waals surface area contributed by atoms with Crippen LogP contribution in [0.25, 0.3) is 6.08 Å². The number of rotatable bonds is 3. The van der Waals surface area contributed by atoms with Crippen LogP contribution in [-0.4, -0.2) is 16.8 Å². The highest BCUT2D eigenvalue weighted by Crippen LogP contribution is 2.27. The quantitative estimate of drug-likeness (QED) is 0.340. The van der Waals surface area contributed by atoms with E-state index in [4.69, 9.17) is 27.9 Å². The number of hydrogen-bond acceptors (Lipinski definition) is 5. The van der Waals surface area contributed by atoms with E-state index in [9.17, 15) is 14.9 Å². The number of aliphatic imine (C=N–C) groups is 1. The Bertz CT molecular complexity index is 967. The molecule has 2 aromatic rings. The van der Waals surface area contributed by atoms with Crippen molar-refractivity contribution < 1.29 is 14.5 Å². The summed E-state index contributed by atoms with van der Waals surface area (Å²) in [5, 5.41) is 11.7. The summed E-state index contributed by atoms with van der Waals surface area (Å²) in [5.74, 6) is -0.545. The van der Waals surface area contributed by atoms with Gasteiger partial charge in [-0.2, -0.15) is 0 Å². The highest BCUT2D eigenvalue weighted by Gasteiger charge is 2.25. The number of nitro groups is 1. The zero-order chi connectivity index (χ0) is 18.1. The Kier molecular flexibility index (Phi) is 4.57. The summed E-state index contributed by atoms with van der Waals surface area (Å²) in [6, 6.07) is 9.23. The van der Waals surface area contributed by atoms with Crippen LogP contribution in [0.3, 0.4) is 0 Å². The van der Waals surface area contributed by atoms with Gasteiger partial charge in [0.05, 0.1) is 4.92 Å². The molecule has 6 nitrogen and oxygen atoms in total. The number of ether oxygens (including phenoxy) is 1. The van der Waals surface area contributed by atoms with Gasteiger partial charge >= 0.3 is 5.97 Å². The number of hydrogen-bond donors (Lipinski definition) is 0. The van der Waals surface area contributed by atoms with Crippen molar-refractivity contribution in [3.05, 3.63) is 78.9 Å². The van der Waals surface area contributed by atoms with E-state index < -0.39 is 10.9 Å². The number of halogens is 2. The molecule has 25 heavy (non-hydrogen) atoms. The first-order chi connectivity index (χ1) is 11.8. The molecule has 2 aromatic carbocycles. The predicted molar refractivity (Wildman–Crippen MR) is 94.9 cm³/mol. The standard InChI is InChI=1S/C17H10Cl2N2O4/c1-9-6-11(3-5-15(9)21(23)24)16-20-14(17(22)25-16)7-10-2-4-12(18)8-13(10)19/h2-8H,1H3/b14-7-. The molecule has 1 aliphatic rings. The van der Waals surface area contributed by atoms with E-state index in [1.54, 1.807) is 31.2 Å². The summed E-state index contributed by atoms with van der Waals surface area (Å²) in [5.41, 5.74) is 1.55. The summed E-state index contributed by atoms with van der Waals surface area (Å²) in [6.45, 7) is 1.60. The topological polar surface area (TPSA) is 81.8 Å². The lowest BCUT2D eigenvalue weighted by Gasteiger charge is -2.01. The van der Waals surface area contributed by atoms with Gasteiger partial charge in [0.15, 0.2) is 5.70 Å². The van der Waals surface area contributed by atoms with E-state index in [1.807, 2.05) is 0 Å². The van der Waals surface area contributed by atoms with E-state index >= 15 is 0 Å². The van der Waals surface area contributed by atoms with Crippen LogP contribution in [0.2, 0.25) is 10.0 Å². The van der Waals surface area contributed by atoms with Crippen LogP contribution in [0.15, 0.2) is 47.1 Å². The normalized spacial score (nSPS) is 15.2. The Balaban J connectivity index is 1.96. The van der Waals surface area contributed by atoms with Crippen molar-refractivity contribution in [3.63, 3.8) is 0 Å². The zero-order valence-electron chi connectivity index (χ0n) is 12.8. The average Bonchev–Trinajstić information content (AvgIpc) is 2.90. The third-order valence-electron chi connectivity index (χ3n) is 3.52. The van der Waals surface area contributed by atoms with Crippen molar-refractivity contribution in [2.24, 2.45) is 4.99 Å². The lowest BCUT2D eigenvalue weighted by Crippen LogP contribution is -2.06. The molecule has 1 heterocycles. The molecule has 8 heteroatoms. The van der Waals surface area contributed by atoms with Gasteiger partial charge in [0, 0.05) is 27.2 Å². The molecular weight excluding hydrogens is 367 g/mol. The maximum absolute atomic E-state index is 12.0. The minimum absolute atomic E-state index is 0.0163. The van der Waals surface area contributed by atoms with Crippen molar-refractivity contribution in [2.75, 3.05) is 0 Å². The fraction of sp³-hybridized carbons (Fsp3) is 0.0588. The van der Waals surface area contributed by atoms with Crippen molar-refractivity contribution in [2.45, 2.75) is 6.92 Å². The highest BCUT2D eigenvalue weighted by atomic mass is 35.5. The number of aryl methyl sites for hydroxylation is 1. The molecule has 0 radical (unpaired) electrons. The maximum atomic E-state index is 12.0. The molecule has 0 N–H and O–H groups in total. The summed E-state index contributed by atoms with van der Waals surface area (Å²) in [4.78, 5) is 26.6. The van der Waals surface area contributed by atoms with E-state index in [-0.39, 0.29) is 17.3 Å². The number of nitrogens with zero attached hydrogens (tertiary/aromatic N) is 2. The largest absolute Gasteiger partial charge is 0.402 e. The van der Waals surface area contributed by atoms with E-state index in [1.165, 1.54) is 18.2 Å². The first-order valence-corrected chi connectivity index (χ1v) is 7.84. The Morgan fingerprint density at radius 2 is 1.96 bits per heavy atom. The number of carbonyl (C=O) groups is 1. The second kappa shape index (κ2) is 6.66. The van der Waals surface area contributed by atoms with Gasteiger partial charge < -0.3 is 4.74 Å². The molecular formula is C17H10Cl2N2O4. The van der Waals surface area contributed by atoms with E-state index in [0.29, 0.717) is 26.7 Å². The van der Waals surface area contributed by atoms with Gasteiger partial charge in [0.1, 0.15) is 0 Å². The van der Waals surface area contributed by atoms with E-state index in [2.05, 4.69) is 4.99 Å². The van der Waals surface area contributed by atoms with Crippen LogP contribution in [0.5, 0.6) is 0 Å². The lowest BCUT2D eigenvalue weighted by molar-refractivity contribution is -0.385. The van der Waals surface area contributed by atoms with Crippen LogP contribution in [0.4, 0.5) is 5.69 Å². The molecule has 1 aliphatic heterocycles. The van der Waals surface area contributed by atoms with Crippen LogP contribution in [0.1, 0.15) is 16.7 Å². The third-order valence-corrected chi connectivity index (χ3v) is 4.08. The first-order valence-electron chi connectivity index (χ1n) is 7.08. The summed E-state index contributed by atoms with van der Waals surface area (Å²) in [7, 11) is 0. The van der Waals surface area contributed by atoms with Gasteiger partial charge in [0.2, 0.25) is 5.90 Å². The lowest BCUT2D eigenvalue weighted by atomic mass is 10.1. The molecule has 0 saturated carbocycles. The molecule has 0 spiro atoms. The Morgan fingerprint density at radius 3 is 2.60 bits per heavy atom. The van der Waals surface area contributed by atoms with Gasteiger partial charge in [-0.25, -0.2) is 9.79 Å². The molecule has 0 atom stereocenters. The zero-order valence-corrected chi connectivity index (χ0v) is 14.3. The fourth-order valence-electron chi connectivity index (χ4n) is 2.29. The molecule has 0 aromatic heterocycles. The van der Waals surface area contributed by atoms with Crippen molar-refractivity contribution in [1.29, 1.82) is 0 Å². The van der Waals surface area contributed by atoms with Gasteiger partial charge in [0.25, 0.3) is 5.69 Å². The minimum Gasteiger partial charge on any atom is -0.402 e. The van der Waals surface area contributed by atoms with Gasteiger partial charge in [-0.3, -0.25) is 10.1 Å². The Morgan fingerprint density at radius 1 is 1.20 bits per heavy atom. The number of benzene rings is 2. The van der Waals surface area contributed by atoms with Crippen LogP contribution in [0, 0.1) is 17.0 Å². The first kappa shape index (κ1) is 17.1. The van der Waals surface area contributed by atoms with Gasteiger partial charge in [-0.1, -0.05) is 29.3 Å². The minimum atomic E-state index is -0.628. The fourth-order valence-corrected chi connectivity index (χ4v) is 2.75. The average molecular weight is 377 g/mol. The number of cyclic esters (lactones) is 1. The monoisotopic (exact) mass is 376 g/mol. The third kappa shape index (κ3) is 3.55. The molecule has 0 fully saturated rings. The smallest absolute Gasteiger partial charge is 0.363 e. The molecule has 0 bridgehead atoms. The molecule has 0 aliphatic carbocycles. The SMILES string of the molecule is Cc1cc(C2=N/C(=C\c3ccc(Cl)cc3Cl)C(=O)O2)ccc1[N+](=O)[O-]. The van der Waals surface area contributed by atoms with Crippen molar-refractivity contribution in [1.82, 2.24) is 0 Å². The van der Waals surface area contributed by atoms with Crippen LogP contribution >= 0.6 is 23.2 Å². The van der Waals surface area contributed by atoms with Crippen molar-refractivity contribution in [3.8, 4) is 0 Å². The highest BCUT2D eigenvalue weighted by molar-refractivity contribution is 6.35. The number of esters is 1. The second-order valence-corrected chi connectivity index (χ2v) is 6.10. The molecule has 0 unspecified atom stereocenters. The molecule has 126 valence electrons. The number of nitro benzene ring substituents is 1. The van der Waals surface area contributed by atoms with Gasteiger partial charge in [-0.15, -0.1) is 0 Å². The predicted octanol–water partition coefficient (Wildman–Crippen LogP) is 4.55. The number of carbonyl (C=O) groups excluding carboxylic acids is 1. The molecule has 3 rings (SSSR count). The Labute approximate surface area is 152 Å². The molecule has 0 saturated heterocycles. The summed E-state index contributed by atoms with van der Waals surface area (Å²) in [6.07, 6.45) is 1.49. The second-order valence-electron chi connectivity index (χ2n) is 5.26. The van der Waals surface area contributed by atoms with Crippen LogP contribution < -0.4 is 0 Å².